The highest BCUT2D eigenvalue weighted by molar-refractivity contribution is 6.33. The monoisotopic (exact) mass is 315 g/mol. The second-order valence-corrected chi connectivity index (χ2v) is 4.39. The molecule has 1 atom stereocenters. The van der Waals surface area contributed by atoms with E-state index in [0.29, 0.717) is 0 Å². The Labute approximate surface area is 117 Å². The number of rotatable bonds is 4. The highest BCUT2D eigenvalue weighted by Gasteiger charge is 2.49. The predicted octanol–water partition coefficient (Wildman–Crippen LogP) is 3.33. The number of nitrogens with two attached hydrogens (primary N) is 1. The van der Waals surface area contributed by atoms with Gasteiger partial charge in [0.25, 0.3) is 0 Å². The topological polar surface area (TPSA) is 52.3 Å². The summed E-state index contributed by atoms with van der Waals surface area (Å²) in [5, 5.41) is -0.770. The average molecular weight is 316 g/mol. The van der Waals surface area contributed by atoms with Crippen molar-refractivity contribution >= 4 is 29.2 Å². The lowest BCUT2D eigenvalue weighted by Crippen LogP contribution is -2.42. The van der Waals surface area contributed by atoms with Crippen LogP contribution in [0.4, 0.5) is 13.2 Å². The van der Waals surface area contributed by atoms with Crippen molar-refractivity contribution in [2.24, 2.45) is 5.73 Å². The van der Waals surface area contributed by atoms with Gasteiger partial charge in [0, 0.05) is 10.6 Å². The fourth-order valence-electron chi connectivity index (χ4n) is 1.36. The van der Waals surface area contributed by atoms with Crippen molar-refractivity contribution in [2.45, 2.75) is 18.9 Å². The fraction of sp³-hybridized carbons (Fsp3) is 0.364. The Bertz CT molecular complexity index is 497. The van der Waals surface area contributed by atoms with E-state index in [0.717, 1.165) is 12.1 Å². The summed E-state index contributed by atoms with van der Waals surface area (Å²) in [5.41, 5.74) is 4.51. The number of hydrogen-bond acceptors (Lipinski definition) is 3. The van der Waals surface area contributed by atoms with Crippen LogP contribution in [0.5, 0.6) is 0 Å². The fourth-order valence-corrected chi connectivity index (χ4v) is 1.79. The molecule has 19 heavy (non-hydrogen) atoms. The largest absolute Gasteiger partial charge is 0.462 e. The van der Waals surface area contributed by atoms with Crippen LogP contribution in [0.2, 0.25) is 10.0 Å². The van der Waals surface area contributed by atoms with Gasteiger partial charge in [-0.15, -0.1) is 0 Å². The Kier molecular flexibility index (Phi) is 5.06. The van der Waals surface area contributed by atoms with Crippen molar-refractivity contribution in [3.05, 3.63) is 33.6 Å². The Morgan fingerprint density at radius 2 is 1.95 bits per heavy atom. The summed E-state index contributed by atoms with van der Waals surface area (Å²) in [5.74, 6) is -7.16. The quantitative estimate of drug-likeness (QED) is 0.685. The van der Waals surface area contributed by atoms with Gasteiger partial charge in [-0.1, -0.05) is 23.2 Å². The van der Waals surface area contributed by atoms with E-state index in [1.807, 2.05) is 0 Å². The maximum absolute atomic E-state index is 13.7. The van der Waals surface area contributed by atoms with Crippen LogP contribution in [-0.2, 0) is 9.53 Å². The minimum absolute atomic E-state index is 0.257. The van der Waals surface area contributed by atoms with Gasteiger partial charge in [-0.3, -0.25) is 0 Å². The SMILES string of the molecule is CCOC(=O)C(F)(F)[C@@H](N)c1c(Cl)ccc(Cl)c1F. The van der Waals surface area contributed by atoms with E-state index in [9.17, 15) is 18.0 Å². The van der Waals surface area contributed by atoms with E-state index in [2.05, 4.69) is 4.74 Å². The van der Waals surface area contributed by atoms with E-state index >= 15 is 0 Å². The zero-order chi connectivity index (χ0) is 14.8. The minimum atomic E-state index is -4.12. The van der Waals surface area contributed by atoms with Gasteiger partial charge in [-0.2, -0.15) is 8.78 Å². The van der Waals surface area contributed by atoms with Crippen LogP contribution in [0, 0.1) is 5.82 Å². The predicted molar refractivity (Wildman–Crippen MR) is 64.9 cm³/mol. The number of alkyl halides is 2. The van der Waals surface area contributed by atoms with Gasteiger partial charge >= 0.3 is 11.9 Å². The first-order chi connectivity index (χ1) is 8.73. The van der Waals surface area contributed by atoms with Crippen LogP contribution in [0.15, 0.2) is 12.1 Å². The molecule has 0 aliphatic rings. The van der Waals surface area contributed by atoms with Gasteiger partial charge in [0.15, 0.2) is 0 Å². The molecule has 3 nitrogen and oxygen atoms in total. The lowest BCUT2D eigenvalue weighted by molar-refractivity contribution is -0.174. The van der Waals surface area contributed by atoms with Crippen molar-refractivity contribution < 1.29 is 22.7 Å². The summed E-state index contributed by atoms with van der Waals surface area (Å²) in [6, 6.07) is -0.0841. The molecule has 0 unspecified atom stereocenters. The molecular weight excluding hydrogens is 306 g/mol. The smallest absolute Gasteiger partial charge is 0.379 e. The van der Waals surface area contributed by atoms with Crippen LogP contribution in [0.3, 0.4) is 0 Å². The molecule has 0 saturated carbocycles. The Morgan fingerprint density at radius 3 is 2.47 bits per heavy atom. The number of halogens is 5. The molecule has 0 aromatic heterocycles. The van der Waals surface area contributed by atoms with Gasteiger partial charge in [0.2, 0.25) is 0 Å². The molecule has 0 heterocycles. The lowest BCUT2D eigenvalue weighted by atomic mass is 10.0. The van der Waals surface area contributed by atoms with Crippen LogP contribution < -0.4 is 5.73 Å². The molecule has 1 rings (SSSR count). The van der Waals surface area contributed by atoms with Crippen molar-refractivity contribution in [1.29, 1.82) is 0 Å². The van der Waals surface area contributed by atoms with E-state index in [1.165, 1.54) is 6.92 Å². The maximum Gasteiger partial charge on any atom is 0.379 e. The molecule has 0 bridgehead atoms. The maximum atomic E-state index is 13.7. The van der Waals surface area contributed by atoms with Crippen LogP contribution >= 0.6 is 23.2 Å². The summed E-state index contributed by atoms with van der Waals surface area (Å²) in [6.45, 7) is 1.10. The summed E-state index contributed by atoms with van der Waals surface area (Å²) in [6.07, 6.45) is 0. The first-order valence-corrected chi connectivity index (χ1v) is 5.93. The summed E-state index contributed by atoms with van der Waals surface area (Å²) >= 11 is 11.1. The molecule has 0 aliphatic carbocycles. The van der Waals surface area contributed by atoms with Crippen molar-refractivity contribution in [3.8, 4) is 0 Å². The molecule has 0 fully saturated rings. The van der Waals surface area contributed by atoms with Gasteiger partial charge in [-0.25, -0.2) is 9.18 Å². The van der Waals surface area contributed by atoms with Crippen LogP contribution in [0.1, 0.15) is 18.5 Å². The molecule has 8 heteroatoms. The van der Waals surface area contributed by atoms with E-state index < -0.39 is 34.3 Å². The normalized spacial score (nSPS) is 13.2. The number of carbonyl (C=O) groups is 1. The third-order valence-electron chi connectivity index (χ3n) is 2.33. The molecule has 2 N–H and O–H groups in total. The summed E-state index contributed by atoms with van der Waals surface area (Å²) in [4.78, 5) is 11.1. The van der Waals surface area contributed by atoms with Gasteiger partial charge in [0.1, 0.15) is 11.9 Å². The van der Waals surface area contributed by atoms with Crippen LogP contribution in [0.25, 0.3) is 0 Å². The van der Waals surface area contributed by atoms with Crippen molar-refractivity contribution in [1.82, 2.24) is 0 Å². The third-order valence-corrected chi connectivity index (χ3v) is 2.95. The number of esters is 1. The molecule has 1 aromatic carbocycles. The van der Waals surface area contributed by atoms with E-state index in [-0.39, 0.29) is 11.6 Å². The molecule has 1 aromatic rings. The molecule has 0 radical (unpaired) electrons. The zero-order valence-electron chi connectivity index (χ0n) is 9.72. The molecule has 106 valence electrons. The number of carbonyl (C=O) groups excluding carboxylic acids is 1. The highest BCUT2D eigenvalue weighted by Crippen LogP contribution is 2.37. The highest BCUT2D eigenvalue weighted by atomic mass is 35.5. The molecular formula is C11H10Cl2F3NO2. The van der Waals surface area contributed by atoms with E-state index in [4.69, 9.17) is 28.9 Å². The standard InChI is InChI=1S/C11H10Cl2F3NO2/c1-2-19-10(18)11(15,16)9(17)7-5(12)3-4-6(13)8(7)14/h3-4,9H,2,17H2,1H3/t9-/m0/s1. The van der Waals surface area contributed by atoms with Gasteiger partial charge in [-0.05, 0) is 19.1 Å². The summed E-state index contributed by atoms with van der Waals surface area (Å²) in [7, 11) is 0. The second-order valence-electron chi connectivity index (χ2n) is 3.58. The first kappa shape index (κ1) is 16.1. The molecule has 0 aliphatic heterocycles. The minimum Gasteiger partial charge on any atom is -0.462 e. The van der Waals surface area contributed by atoms with Gasteiger partial charge < -0.3 is 10.5 Å². The van der Waals surface area contributed by atoms with Crippen molar-refractivity contribution in [2.75, 3.05) is 6.61 Å². The van der Waals surface area contributed by atoms with E-state index in [1.54, 1.807) is 0 Å². The second kappa shape index (κ2) is 5.98. The molecule has 0 spiro atoms. The Balaban J connectivity index is 3.23. The average Bonchev–Trinajstić information content (AvgIpc) is 2.34. The molecule has 0 amide bonds. The van der Waals surface area contributed by atoms with Gasteiger partial charge in [0.05, 0.1) is 11.6 Å². The van der Waals surface area contributed by atoms with Crippen molar-refractivity contribution in [3.63, 3.8) is 0 Å². The number of ether oxygens (including phenoxy) is 1. The number of hydrogen-bond donors (Lipinski definition) is 1. The third kappa shape index (κ3) is 3.13. The Morgan fingerprint density at radius 1 is 1.42 bits per heavy atom. The first-order valence-electron chi connectivity index (χ1n) is 5.17. The van der Waals surface area contributed by atoms with Crippen LogP contribution in [-0.4, -0.2) is 18.5 Å². The summed E-state index contributed by atoms with van der Waals surface area (Å²) < 4.78 is 45.3. The lowest BCUT2D eigenvalue weighted by Gasteiger charge is -2.23. The number of benzene rings is 1. The molecule has 0 saturated heterocycles. The zero-order valence-corrected chi connectivity index (χ0v) is 11.2. The Hall–Kier alpha value is -0.980.